The quantitative estimate of drug-likeness (QED) is 0.673. The molecule has 122 valence electrons. The van der Waals surface area contributed by atoms with E-state index >= 15 is 0 Å². The minimum atomic E-state index is -4.75. The third-order valence-electron chi connectivity index (χ3n) is 2.59. The Morgan fingerprint density at radius 2 is 1.91 bits per heavy atom. The van der Waals surface area contributed by atoms with Crippen LogP contribution in [0.25, 0.3) is 0 Å². The van der Waals surface area contributed by atoms with Crippen LogP contribution in [-0.4, -0.2) is 26.2 Å². The molecule has 0 aliphatic heterocycles. The number of hydrogen-bond donors (Lipinski definition) is 1. The highest BCUT2D eigenvalue weighted by molar-refractivity contribution is 5.98. The molecule has 6 nitrogen and oxygen atoms in total. The van der Waals surface area contributed by atoms with E-state index in [2.05, 4.69) is 14.8 Å². The molecule has 0 aliphatic rings. The summed E-state index contributed by atoms with van der Waals surface area (Å²) in [4.78, 5) is 22.7. The van der Waals surface area contributed by atoms with Gasteiger partial charge in [-0.2, -0.15) is 18.4 Å². The van der Waals surface area contributed by atoms with Crippen molar-refractivity contribution in [1.82, 2.24) is 0 Å². The maximum Gasteiger partial charge on any atom is 0.417 e. The average molecular weight is 328 g/mol. The Kier molecular flexibility index (Phi) is 5.73. The van der Waals surface area contributed by atoms with Gasteiger partial charge in [-0.25, -0.2) is 9.59 Å². The summed E-state index contributed by atoms with van der Waals surface area (Å²) in [5, 5.41) is 11.0. The van der Waals surface area contributed by atoms with Gasteiger partial charge in [-0.05, 0) is 18.2 Å². The highest BCUT2D eigenvalue weighted by atomic mass is 19.4. The van der Waals surface area contributed by atoms with Gasteiger partial charge < -0.3 is 14.8 Å². The lowest BCUT2D eigenvalue weighted by Crippen LogP contribution is -2.16. The van der Waals surface area contributed by atoms with Crippen LogP contribution in [0, 0.1) is 11.3 Å². The molecule has 1 aromatic rings. The predicted molar refractivity (Wildman–Crippen MR) is 71.9 cm³/mol. The molecule has 0 unspecified atom stereocenters. The summed E-state index contributed by atoms with van der Waals surface area (Å²) >= 11 is 0. The topological polar surface area (TPSA) is 88.4 Å². The number of hydrogen-bond acceptors (Lipinski definition) is 6. The number of nitriles is 1. The fourth-order valence-electron chi connectivity index (χ4n) is 1.54. The van der Waals surface area contributed by atoms with Crippen molar-refractivity contribution in [2.75, 3.05) is 19.5 Å². The predicted octanol–water partition coefficient (Wildman–Crippen LogP) is 2.22. The molecule has 0 fully saturated rings. The summed E-state index contributed by atoms with van der Waals surface area (Å²) in [6, 6.07) is 4.17. The van der Waals surface area contributed by atoms with Gasteiger partial charge in [0.2, 0.25) is 0 Å². The Morgan fingerprint density at radius 1 is 1.26 bits per heavy atom. The van der Waals surface area contributed by atoms with E-state index in [0.29, 0.717) is 6.07 Å². The van der Waals surface area contributed by atoms with Crippen LogP contribution in [0.15, 0.2) is 30.0 Å². The van der Waals surface area contributed by atoms with E-state index in [1.807, 2.05) is 0 Å². The number of ether oxygens (including phenoxy) is 2. The van der Waals surface area contributed by atoms with Crippen molar-refractivity contribution >= 4 is 17.6 Å². The smallest absolute Gasteiger partial charge is 0.417 e. The van der Waals surface area contributed by atoms with Crippen molar-refractivity contribution in [3.63, 3.8) is 0 Å². The van der Waals surface area contributed by atoms with Gasteiger partial charge in [0, 0.05) is 5.69 Å². The Hall–Kier alpha value is -3.02. The van der Waals surface area contributed by atoms with Crippen molar-refractivity contribution in [2.24, 2.45) is 0 Å². The minimum Gasteiger partial charge on any atom is -0.466 e. The summed E-state index contributed by atoms with van der Waals surface area (Å²) in [6.45, 7) is 0. The zero-order valence-electron chi connectivity index (χ0n) is 12.0. The van der Waals surface area contributed by atoms with E-state index < -0.39 is 34.9 Å². The number of anilines is 1. The first-order valence-corrected chi connectivity index (χ1v) is 5.99. The maximum absolute atomic E-state index is 12.9. The van der Waals surface area contributed by atoms with Gasteiger partial charge in [-0.1, -0.05) is 0 Å². The van der Waals surface area contributed by atoms with E-state index in [0.717, 1.165) is 32.4 Å². The Morgan fingerprint density at radius 3 is 2.39 bits per heavy atom. The number of nitrogens with zero attached hydrogens (tertiary/aromatic N) is 1. The third kappa shape index (κ3) is 4.74. The molecule has 0 spiro atoms. The van der Waals surface area contributed by atoms with Crippen LogP contribution in [0.1, 0.15) is 11.1 Å². The van der Waals surface area contributed by atoms with Crippen LogP contribution in [0.4, 0.5) is 18.9 Å². The fraction of sp³-hybridized carbons (Fsp3) is 0.214. The number of esters is 2. The van der Waals surface area contributed by atoms with Crippen LogP contribution in [-0.2, 0) is 25.2 Å². The summed E-state index contributed by atoms with van der Waals surface area (Å²) in [7, 11) is 2.10. The van der Waals surface area contributed by atoms with E-state index in [1.165, 1.54) is 6.07 Å². The van der Waals surface area contributed by atoms with Gasteiger partial charge in [0.25, 0.3) is 0 Å². The summed E-state index contributed by atoms with van der Waals surface area (Å²) in [5.41, 5.74) is -2.32. The van der Waals surface area contributed by atoms with Gasteiger partial charge >= 0.3 is 18.1 Å². The van der Waals surface area contributed by atoms with E-state index in [4.69, 9.17) is 5.26 Å². The zero-order chi connectivity index (χ0) is 17.6. The van der Waals surface area contributed by atoms with Crippen LogP contribution in [0.5, 0.6) is 0 Å². The second-order valence-electron chi connectivity index (χ2n) is 4.07. The second kappa shape index (κ2) is 7.31. The molecular weight excluding hydrogens is 317 g/mol. The van der Waals surface area contributed by atoms with E-state index in [1.54, 1.807) is 0 Å². The lowest BCUT2D eigenvalue weighted by molar-refractivity contribution is -0.138. The van der Waals surface area contributed by atoms with Crippen molar-refractivity contribution in [1.29, 1.82) is 5.26 Å². The van der Waals surface area contributed by atoms with Crippen molar-refractivity contribution < 1.29 is 32.2 Å². The average Bonchev–Trinajstić information content (AvgIpc) is 2.52. The van der Waals surface area contributed by atoms with Gasteiger partial charge in [0.05, 0.1) is 37.5 Å². The molecular formula is C14H11F3N2O4. The highest BCUT2D eigenvalue weighted by Crippen LogP contribution is 2.33. The monoisotopic (exact) mass is 328 g/mol. The molecule has 0 amide bonds. The SMILES string of the molecule is COC(=O)/C=C(/Nc1ccc(C#N)c(C(F)(F)F)c1)C(=O)OC. The van der Waals surface area contributed by atoms with Crippen molar-refractivity contribution in [2.45, 2.75) is 6.18 Å². The summed E-state index contributed by atoms with van der Waals surface area (Å²) in [6.07, 6.45) is -4.02. The van der Waals surface area contributed by atoms with Crippen LogP contribution in [0.2, 0.25) is 0 Å². The Labute approximate surface area is 129 Å². The largest absolute Gasteiger partial charge is 0.466 e. The molecule has 0 aromatic heterocycles. The molecule has 0 saturated carbocycles. The molecule has 0 saturated heterocycles. The lowest BCUT2D eigenvalue weighted by atomic mass is 10.1. The number of alkyl halides is 3. The molecule has 0 heterocycles. The number of carbonyl (C=O) groups is 2. The van der Waals surface area contributed by atoms with Gasteiger partial charge in [0.1, 0.15) is 5.70 Å². The first-order valence-electron chi connectivity index (χ1n) is 5.99. The van der Waals surface area contributed by atoms with Crippen LogP contribution >= 0.6 is 0 Å². The minimum absolute atomic E-state index is 0.156. The second-order valence-corrected chi connectivity index (χ2v) is 4.07. The maximum atomic E-state index is 12.9. The molecule has 0 atom stereocenters. The first-order chi connectivity index (χ1) is 10.7. The number of rotatable bonds is 4. The van der Waals surface area contributed by atoms with Crippen LogP contribution < -0.4 is 5.32 Å². The van der Waals surface area contributed by atoms with E-state index in [9.17, 15) is 22.8 Å². The number of methoxy groups -OCH3 is 2. The zero-order valence-corrected chi connectivity index (χ0v) is 12.0. The highest BCUT2D eigenvalue weighted by Gasteiger charge is 2.34. The van der Waals surface area contributed by atoms with Gasteiger partial charge in [0.15, 0.2) is 0 Å². The fourth-order valence-corrected chi connectivity index (χ4v) is 1.54. The van der Waals surface area contributed by atoms with Crippen molar-refractivity contribution in [3.05, 3.63) is 41.1 Å². The lowest BCUT2D eigenvalue weighted by Gasteiger charge is -2.13. The van der Waals surface area contributed by atoms with Crippen molar-refractivity contribution in [3.8, 4) is 6.07 Å². The number of carbonyl (C=O) groups excluding carboxylic acids is 2. The molecule has 0 radical (unpaired) electrons. The molecule has 1 rings (SSSR count). The standard InChI is InChI=1S/C14H11F3N2O4/c1-22-12(20)6-11(13(21)23-2)19-9-4-3-8(7-18)10(5-9)14(15,16)17/h3-6,19H,1-2H3/b11-6+. The summed E-state index contributed by atoms with van der Waals surface area (Å²) in [5.74, 6) is -1.88. The van der Waals surface area contributed by atoms with Gasteiger partial charge in [-0.15, -0.1) is 0 Å². The Bertz CT molecular complexity index is 690. The third-order valence-corrected chi connectivity index (χ3v) is 2.59. The van der Waals surface area contributed by atoms with Crippen LogP contribution in [0.3, 0.4) is 0 Å². The molecule has 1 N–H and O–H groups in total. The Balaban J connectivity index is 3.25. The molecule has 0 aliphatic carbocycles. The normalized spacial score (nSPS) is 11.4. The van der Waals surface area contributed by atoms with E-state index in [-0.39, 0.29) is 5.69 Å². The number of halogens is 3. The summed E-state index contributed by atoms with van der Waals surface area (Å²) < 4.78 is 47.4. The first kappa shape index (κ1) is 18.0. The molecule has 23 heavy (non-hydrogen) atoms. The van der Waals surface area contributed by atoms with Gasteiger partial charge in [-0.3, -0.25) is 0 Å². The molecule has 9 heteroatoms. The number of benzene rings is 1. The molecule has 0 bridgehead atoms. The number of nitrogens with one attached hydrogen (secondary N) is 1. The molecule has 1 aromatic carbocycles.